The number of carbonyl (C=O) groups is 1. The van der Waals surface area contributed by atoms with Gasteiger partial charge < -0.3 is 10.6 Å². The Labute approximate surface area is 131 Å². The quantitative estimate of drug-likeness (QED) is 0.843. The second-order valence-corrected chi connectivity index (χ2v) is 6.14. The standard InChI is InChI=1S/C16H24ClN3O/c1-18-9-14-3-2-8-20(11-14)12-16(21)19-10-13-4-6-15(17)7-5-13/h4-7,14,18H,2-3,8-12H2,1H3,(H,19,21). The fourth-order valence-electron chi connectivity index (χ4n) is 2.81. The first-order chi connectivity index (χ1) is 10.2. The molecule has 1 aromatic carbocycles. The fraction of sp³-hybridized carbons (Fsp3) is 0.562. The molecule has 0 aliphatic carbocycles. The van der Waals surface area contributed by atoms with E-state index in [0.717, 1.165) is 25.2 Å². The van der Waals surface area contributed by atoms with Crippen LogP contribution in [-0.4, -0.2) is 44.0 Å². The van der Waals surface area contributed by atoms with Crippen LogP contribution in [0.15, 0.2) is 24.3 Å². The molecule has 4 nitrogen and oxygen atoms in total. The molecule has 0 saturated carbocycles. The SMILES string of the molecule is CNCC1CCCN(CC(=O)NCc2ccc(Cl)cc2)C1. The molecule has 21 heavy (non-hydrogen) atoms. The molecular formula is C16H24ClN3O. The first kappa shape index (κ1) is 16.3. The molecule has 1 saturated heterocycles. The molecule has 1 aliphatic heterocycles. The number of piperidine rings is 1. The molecule has 0 aromatic heterocycles. The number of hydrogen-bond acceptors (Lipinski definition) is 3. The second kappa shape index (κ2) is 8.37. The monoisotopic (exact) mass is 309 g/mol. The van der Waals surface area contributed by atoms with Crippen LogP contribution >= 0.6 is 11.6 Å². The van der Waals surface area contributed by atoms with E-state index in [2.05, 4.69) is 15.5 Å². The number of likely N-dealkylation sites (tertiary alicyclic amines) is 1. The Kier molecular flexibility index (Phi) is 6.49. The van der Waals surface area contributed by atoms with Crippen LogP contribution in [-0.2, 0) is 11.3 Å². The number of nitrogens with zero attached hydrogens (tertiary/aromatic N) is 1. The van der Waals surface area contributed by atoms with Crippen molar-refractivity contribution in [3.8, 4) is 0 Å². The molecule has 1 amide bonds. The first-order valence-electron chi connectivity index (χ1n) is 7.55. The van der Waals surface area contributed by atoms with Crippen molar-refractivity contribution in [1.82, 2.24) is 15.5 Å². The maximum absolute atomic E-state index is 12.0. The average molecular weight is 310 g/mol. The van der Waals surface area contributed by atoms with Crippen LogP contribution in [0.4, 0.5) is 0 Å². The third-order valence-electron chi connectivity index (χ3n) is 3.87. The molecule has 1 aromatic rings. The van der Waals surface area contributed by atoms with E-state index in [1.165, 1.54) is 12.8 Å². The predicted octanol–water partition coefficient (Wildman–Crippen LogP) is 1.89. The van der Waals surface area contributed by atoms with Gasteiger partial charge >= 0.3 is 0 Å². The van der Waals surface area contributed by atoms with Crippen LogP contribution < -0.4 is 10.6 Å². The zero-order valence-corrected chi connectivity index (χ0v) is 13.3. The molecule has 1 atom stereocenters. The van der Waals surface area contributed by atoms with Crippen molar-refractivity contribution in [2.45, 2.75) is 19.4 Å². The lowest BCUT2D eigenvalue weighted by Crippen LogP contribution is -2.44. The van der Waals surface area contributed by atoms with Gasteiger partial charge in [-0.2, -0.15) is 0 Å². The van der Waals surface area contributed by atoms with Gasteiger partial charge in [0.2, 0.25) is 5.91 Å². The molecule has 1 fully saturated rings. The molecule has 1 heterocycles. The maximum atomic E-state index is 12.0. The molecule has 1 aliphatic rings. The summed E-state index contributed by atoms with van der Waals surface area (Å²) in [5, 5.41) is 6.91. The predicted molar refractivity (Wildman–Crippen MR) is 86.4 cm³/mol. The molecular weight excluding hydrogens is 286 g/mol. The van der Waals surface area contributed by atoms with E-state index in [4.69, 9.17) is 11.6 Å². The van der Waals surface area contributed by atoms with Crippen LogP contribution in [0.2, 0.25) is 5.02 Å². The third-order valence-corrected chi connectivity index (χ3v) is 4.12. The molecule has 0 bridgehead atoms. The lowest BCUT2D eigenvalue weighted by atomic mass is 9.98. The zero-order valence-electron chi connectivity index (χ0n) is 12.6. The van der Waals surface area contributed by atoms with Gasteiger partial charge in [0.15, 0.2) is 0 Å². The minimum Gasteiger partial charge on any atom is -0.351 e. The van der Waals surface area contributed by atoms with Crippen LogP contribution in [0.1, 0.15) is 18.4 Å². The summed E-state index contributed by atoms with van der Waals surface area (Å²) in [7, 11) is 1.98. The van der Waals surface area contributed by atoms with Crippen molar-refractivity contribution in [3.05, 3.63) is 34.9 Å². The summed E-state index contributed by atoms with van der Waals surface area (Å²) in [6.45, 7) is 4.12. The Bertz CT molecular complexity index is 447. The summed E-state index contributed by atoms with van der Waals surface area (Å²) in [6.07, 6.45) is 2.43. The largest absolute Gasteiger partial charge is 0.351 e. The number of hydrogen-bond donors (Lipinski definition) is 2. The Balaban J connectivity index is 1.72. The molecule has 0 radical (unpaired) electrons. The molecule has 5 heteroatoms. The van der Waals surface area contributed by atoms with Gasteiger partial charge in [-0.15, -0.1) is 0 Å². The number of halogens is 1. The number of rotatable bonds is 6. The van der Waals surface area contributed by atoms with E-state index < -0.39 is 0 Å². The van der Waals surface area contributed by atoms with Gasteiger partial charge in [0.25, 0.3) is 0 Å². The fourth-order valence-corrected chi connectivity index (χ4v) is 2.94. The topological polar surface area (TPSA) is 44.4 Å². The number of benzene rings is 1. The van der Waals surface area contributed by atoms with Crippen LogP contribution in [0.3, 0.4) is 0 Å². The highest BCUT2D eigenvalue weighted by molar-refractivity contribution is 6.30. The number of amides is 1. The summed E-state index contributed by atoms with van der Waals surface area (Å²) in [4.78, 5) is 14.3. The number of carbonyl (C=O) groups excluding carboxylic acids is 1. The van der Waals surface area contributed by atoms with Crippen LogP contribution in [0, 0.1) is 5.92 Å². The summed E-state index contributed by atoms with van der Waals surface area (Å²) >= 11 is 5.84. The van der Waals surface area contributed by atoms with Gasteiger partial charge in [-0.05, 0) is 56.6 Å². The minimum atomic E-state index is 0.0926. The Hall–Kier alpha value is -1.10. The lowest BCUT2D eigenvalue weighted by Gasteiger charge is -2.32. The van der Waals surface area contributed by atoms with Crippen molar-refractivity contribution in [3.63, 3.8) is 0 Å². The Morgan fingerprint density at radius 1 is 1.38 bits per heavy atom. The maximum Gasteiger partial charge on any atom is 0.234 e. The molecule has 116 valence electrons. The van der Waals surface area contributed by atoms with E-state index >= 15 is 0 Å². The molecule has 1 unspecified atom stereocenters. The van der Waals surface area contributed by atoms with E-state index in [-0.39, 0.29) is 5.91 Å². The third kappa shape index (κ3) is 5.65. The van der Waals surface area contributed by atoms with Gasteiger partial charge in [0.05, 0.1) is 6.54 Å². The van der Waals surface area contributed by atoms with Gasteiger partial charge in [0, 0.05) is 18.1 Å². The number of nitrogens with one attached hydrogen (secondary N) is 2. The first-order valence-corrected chi connectivity index (χ1v) is 7.93. The summed E-state index contributed by atoms with van der Waals surface area (Å²) in [5.41, 5.74) is 1.07. The van der Waals surface area contributed by atoms with Crippen molar-refractivity contribution in [2.75, 3.05) is 33.2 Å². The zero-order chi connectivity index (χ0) is 15.1. The molecule has 0 spiro atoms. The van der Waals surface area contributed by atoms with Crippen molar-refractivity contribution in [2.24, 2.45) is 5.92 Å². The highest BCUT2D eigenvalue weighted by Gasteiger charge is 2.20. The summed E-state index contributed by atoms with van der Waals surface area (Å²) < 4.78 is 0. The summed E-state index contributed by atoms with van der Waals surface area (Å²) in [5.74, 6) is 0.753. The smallest absolute Gasteiger partial charge is 0.234 e. The van der Waals surface area contributed by atoms with Crippen molar-refractivity contribution >= 4 is 17.5 Å². The van der Waals surface area contributed by atoms with Crippen molar-refractivity contribution < 1.29 is 4.79 Å². The minimum absolute atomic E-state index is 0.0926. The van der Waals surface area contributed by atoms with Crippen LogP contribution in [0.25, 0.3) is 0 Å². The Morgan fingerprint density at radius 3 is 2.86 bits per heavy atom. The normalized spacial score (nSPS) is 19.4. The molecule has 2 rings (SSSR count). The van der Waals surface area contributed by atoms with Gasteiger partial charge in [-0.1, -0.05) is 23.7 Å². The van der Waals surface area contributed by atoms with E-state index in [0.29, 0.717) is 24.0 Å². The van der Waals surface area contributed by atoms with Gasteiger partial charge in [0.1, 0.15) is 0 Å². The van der Waals surface area contributed by atoms with Crippen LogP contribution in [0.5, 0.6) is 0 Å². The van der Waals surface area contributed by atoms with Gasteiger partial charge in [-0.3, -0.25) is 9.69 Å². The Morgan fingerprint density at radius 2 is 2.14 bits per heavy atom. The van der Waals surface area contributed by atoms with Gasteiger partial charge in [-0.25, -0.2) is 0 Å². The average Bonchev–Trinajstić information content (AvgIpc) is 2.47. The van der Waals surface area contributed by atoms with E-state index in [9.17, 15) is 4.79 Å². The lowest BCUT2D eigenvalue weighted by molar-refractivity contribution is -0.122. The highest BCUT2D eigenvalue weighted by atomic mass is 35.5. The van der Waals surface area contributed by atoms with E-state index in [1.807, 2.05) is 31.3 Å². The molecule has 2 N–H and O–H groups in total. The second-order valence-electron chi connectivity index (χ2n) is 5.70. The van der Waals surface area contributed by atoms with Crippen molar-refractivity contribution in [1.29, 1.82) is 0 Å². The van der Waals surface area contributed by atoms with E-state index in [1.54, 1.807) is 0 Å². The highest BCUT2D eigenvalue weighted by Crippen LogP contribution is 2.15. The summed E-state index contributed by atoms with van der Waals surface area (Å²) in [6, 6.07) is 7.56.